The maximum absolute atomic E-state index is 12.7. The number of hydrogen-bond donors (Lipinski definition) is 1. The highest BCUT2D eigenvalue weighted by Gasteiger charge is 2.36. The van der Waals surface area contributed by atoms with E-state index in [4.69, 9.17) is 14.2 Å². The number of ether oxygens (including phenoxy) is 3. The number of hydrogen-bond acceptors (Lipinski definition) is 5. The van der Waals surface area contributed by atoms with Gasteiger partial charge in [-0.3, -0.25) is 9.59 Å². The second-order valence-corrected chi connectivity index (χ2v) is 7.49. The van der Waals surface area contributed by atoms with Crippen LogP contribution in [0.15, 0.2) is 42.5 Å². The molecule has 1 N–H and O–H groups in total. The number of rotatable bonds is 11. The van der Waals surface area contributed by atoms with E-state index in [2.05, 4.69) is 5.32 Å². The summed E-state index contributed by atoms with van der Waals surface area (Å²) in [6.45, 7) is 8.25. The standard InChI is InChI=1S/C25H32N2O5/c1-4-30-21-10-8-7-9-20(21)27-17-19(16-24(27)28)25(29)26-14-13-18-11-12-22(31-5-2)23(15-18)32-6-3/h7-12,15,19H,4-6,13-14,16-17H2,1-3H3,(H,26,29)/t19-/m1/s1. The van der Waals surface area contributed by atoms with Crippen LogP contribution in [0.5, 0.6) is 17.2 Å². The molecule has 172 valence electrons. The molecule has 1 atom stereocenters. The zero-order valence-electron chi connectivity index (χ0n) is 19.1. The molecule has 2 amide bonds. The van der Waals surface area contributed by atoms with Crippen molar-refractivity contribution in [3.63, 3.8) is 0 Å². The van der Waals surface area contributed by atoms with Crippen LogP contribution < -0.4 is 24.4 Å². The maximum Gasteiger partial charge on any atom is 0.227 e. The molecular weight excluding hydrogens is 408 g/mol. The summed E-state index contributed by atoms with van der Waals surface area (Å²) in [6.07, 6.45) is 0.861. The summed E-state index contributed by atoms with van der Waals surface area (Å²) in [5.41, 5.74) is 1.76. The van der Waals surface area contributed by atoms with E-state index in [1.165, 1.54) is 0 Å². The smallest absolute Gasteiger partial charge is 0.227 e. The fourth-order valence-corrected chi connectivity index (χ4v) is 3.80. The molecular formula is C25H32N2O5. The Hall–Kier alpha value is -3.22. The van der Waals surface area contributed by atoms with E-state index < -0.39 is 0 Å². The maximum atomic E-state index is 12.7. The number of carbonyl (C=O) groups excluding carboxylic acids is 2. The van der Waals surface area contributed by atoms with Gasteiger partial charge in [-0.1, -0.05) is 18.2 Å². The Morgan fingerprint density at radius 2 is 1.66 bits per heavy atom. The highest BCUT2D eigenvalue weighted by atomic mass is 16.5. The van der Waals surface area contributed by atoms with Crippen molar-refractivity contribution < 1.29 is 23.8 Å². The van der Waals surface area contributed by atoms with Gasteiger partial charge in [0.05, 0.1) is 31.4 Å². The van der Waals surface area contributed by atoms with Gasteiger partial charge < -0.3 is 24.4 Å². The fraction of sp³-hybridized carbons (Fsp3) is 0.440. The first kappa shape index (κ1) is 23.4. The first-order valence-electron chi connectivity index (χ1n) is 11.3. The summed E-state index contributed by atoms with van der Waals surface area (Å²) in [4.78, 5) is 27.0. The van der Waals surface area contributed by atoms with Crippen molar-refractivity contribution in [1.82, 2.24) is 5.32 Å². The van der Waals surface area contributed by atoms with Gasteiger partial charge in [-0.25, -0.2) is 0 Å². The van der Waals surface area contributed by atoms with Crippen molar-refractivity contribution in [1.29, 1.82) is 0 Å². The van der Waals surface area contributed by atoms with Gasteiger partial charge >= 0.3 is 0 Å². The second-order valence-electron chi connectivity index (χ2n) is 7.49. The zero-order valence-corrected chi connectivity index (χ0v) is 19.1. The molecule has 0 spiro atoms. The molecule has 0 saturated carbocycles. The molecule has 1 aliphatic rings. The summed E-state index contributed by atoms with van der Waals surface area (Å²) in [6, 6.07) is 13.3. The van der Waals surface area contributed by atoms with E-state index in [0.717, 1.165) is 11.3 Å². The van der Waals surface area contributed by atoms with Crippen LogP contribution in [-0.4, -0.2) is 44.7 Å². The molecule has 1 heterocycles. The number of anilines is 1. The molecule has 1 fully saturated rings. The van der Waals surface area contributed by atoms with Crippen LogP contribution in [0.1, 0.15) is 32.8 Å². The third-order valence-electron chi connectivity index (χ3n) is 5.27. The third-order valence-corrected chi connectivity index (χ3v) is 5.27. The van der Waals surface area contributed by atoms with Crippen LogP contribution in [0.4, 0.5) is 5.69 Å². The van der Waals surface area contributed by atoms with Gasteiger partial charge in [-0.05, 0) is 57.0 Å². The van der Waals surface area contributed by atoms with E-state index in [9.17, 15) is 9.59 Å². The Bertz CT molecular complexity index is 930. The SMILES string of the molecule is CCOc1ccc(CCNC(=O)[C@@H]2CC(=O)N(c3ccccc3OCC)C2)cc1OCC. The Kier molecular flexibility index (Phi) is 8.36. The lowest BCUT2D eigenvalue weighted by Crippen LogP contribution is -2.34. The molecule has 2 aromatic carbocycles. The van der Waals surface area contributed by atoms with E-state index in [-0.39, 0.29) is 24.2 Å². The number of para-hydroxylation sites is 2. The van der Waals surface area contributed by atoms with Crippen LogP contribution in [0.25, 0.3) is 0 Å². The molecule has 1 saturated heterocycles. The highest BCUT2D eigenvalue weighted by Crippen LogP contribution is 2.33. The molecule has 7 nitrogen and oxygen atoms in total. The topological polar surface area (TPSA) is 77.1 Å². The van der Waals surface area contributed by atoms with Crippen LogP contribution >= 0.6 is 0 Å². The van der Waals surface area contributed by atoms with E-state index >= 15 is 0 Å². The first-order valence-corrected chi connectivity index (χ1v) is 11.3. The minimum absolute atomic E-state index is 0.0647. The molecule has 0 aromatic heterocycles. The lowest BCUT2D eigenvalue weighted by Gasteiger charge is -2.20. The highest BCUT2D eigenvalue weighted by molar-refractivity contribution is 6.01. The van der Waals surface area contributed by atoms with Crippen molar-refractivity contribution >= 4 is 17.5 Å². The monoisotopic (exact) mass is 440 g/mol. The number of amides is 2. The number of benzene rings is 2. The summed E-state index contributed by atoms with van der Waals surface area (Å²) < 4.78 is 16.9. The number of carbonyl (C=O) groups is 2. The van der Waals surface area contributed by atoms with E-state index in [0.29, 0.717) is 56.5 Å². The quantitative estimate of drug-likeness (QED) is 0.578. The fourth-order valence-electron chi connectivity index (χ4n) is 3.80. The van der Waals surface area contributed by atoms with Gasteiger partial charge in [-0.2, -0.15) is 0 Å². The number of nitrogens with one attached hydrogen (secondary N) is 1. The van der Waals surface area contributed by atoms with Gasteiger partial charge in [0.2, 0.25) is 11.8 Å². The predicted octanol–water partition coefficient (Wildman–Crippen LogP) is 3.59. The summed E-state index contributed by atoms with van der Waals surface area (Å²) in [5.74, 6) is 1.54. The van der Waals surface area contributed by atoms with Crippen LogP contribution in [-0.2, 0) is 16.0 Å². The molecule has 1 aliphatic heterocycles. The first-order chi connectivity index (χ1) is 15.6. The van der Waals surface area contributed by atoms with Gasteiger partial charge in [0.1, 0.15) is 5.75 Å². The Balaban J connectivity index is 1.56. The second kappa shape index (κ2) is 11.4. The van der Waals surface area contributed by atoms with Gasteiger partial charge in [0.25, 0.3) is 0 Å². The minimum Gasteiger partial charge on any atom is -0.492 e. The zero-order chi connectivity index (χ0) is 22.9. The lowest BCUT2D eigenvalue weighted by atomic mass is 10.1. The van der Waals surface area contributed by atoms with Gasteiger partial charge in [-0.15, -0.1) is 0 Å². The van der Waals surface area contributed by atoms with E-state index in [1.54, 1.807) is 4.90 Å². The van der Waals surface area contributed by atoms with Crippen molar-refractivity contribution in [2.75, 3.05) is 37.8 Å². The van der Waals surface area contributed by atoms with Crippen LogP contribution in [0, 0.1) is 5.92 Å². The van der Waals surface area contributed by atoms with Crippen molar-refractivity contribution in [3.8, 4) is 17.2 Å². The number of nitrogens with zero attached hydrogens (tertiary/aromatic N) is 1. The van der Waals surface area contributed by atoms with Crippen molar-refractivity contribution in [2.45, 2.75) is 33.6 Å². The van der Waals surface area contributed by atoms with Crippen LogP contribution in [0.3, 0.4) is 0 Å². The molecule has 3 rings (SSSR count). The van der Waals surface area contributed by atoms with Crippen LogP contribution in [0.2, 0.25) is 0 Å². The molecule has 0 radical (unpaired) electrons. The predicted molar refractivity (Wildman–Crippen MR) is 124 cm³/mol. The molecule has 32 heavy (non-hydrogen) atoms. The van der Waals surface area contributed by atoms with Crippen molar-refractivity contribution in [2.24, 2.45) is 5.92 Å². The summed E-state index contributed by atoms with van der Waals surface area (Å²) in [5, 5.41) is 2.98. The Labute approximate surface area is 189 Å². The minimum atomic E-state index is -0.378. The van der Waals surface area contributed by atoms with Gasteiger partial charge in [0.15, 0.2) is 11.5 Å². The Morgan fingerprint density at radius 3 is 2.41 bits per heavy atom. The summed E-state index contributed by atoms with van der Waals surface area (Å²) in [7, 11) is 0. The molecule has 0 bridgehead atoms. The van der Waals surface area contributed by atoms with E-state index in [1.807, 2.05) is 63.2 Å². The lowest BCUT2D eigenvalue weighted by molar-refractivity contribution is -0.126. The third kappa shape index (κ3) is 5.72. The van der Waals surface area contributed by atoms with Crippen molar-refractivity contribution in [3.05, 3.63) is 48.0 Å². The molecule has 7 heteroatoms. The van der Waals surface area contributed by atoms with Gasteiger partial charge in [0, 0.05) is 19.5 Å². The average molecular weight is 441 g/mol. The normalized spacial score (nSPS) is 15.5. The Morgan fingerprint density at radius 1 is 0.969 bits per heavy atom. The molecule has 0 unspecified atom stereocenters. The molecule has 0 aliphatic carbocycles. The largest absolute Gasteiger partial charge is 0.492 e. The summed E-state index contributed by atoms with van der Waals surface area (Å²) >= 11 is 0. The molecule has 2 aromatic rings. The average Bonchev–Trinajstić information content (AvgIpc) is 3.18.